The van der Waals surface area contributed by atoms with Crippen LogP contribution in [0, 0.1) is 12.3 Å². The Morgan fingerprint density at radius 3 is 2.63 bits per heavy atom. The van der Waals surface area contributed by atoms with Crippen LogP contribution in [-0.2, 0) is 6.18 Å². The molecule has 3 aromatic rings. The Balaban J connectivity index is 1.44. The Bertz CT molecular complexity index is 1400. The number of carbonyl (C=O) groups excluding carboxylic acids is 1. The van der Waals surface area contributed by atoms with Gasteiger partial charge in [0, 0.05) is 50.2 Å². The van der Waals surface area contributed by atoms with Gasteiger partial charge in [-0.05, 0) is 51.5 Å². The Kier molecular flexibility index (Phi) is 9.18. The van der Waals surface area contributed by atoms with Crippen LogP contribution in [0.2, 0.25) is 0 Å². The standard InChI is InChI=1S/C28H34F3N9O/c1-18(2)38-7-4-8-39(10-9-38)23-11-20(14-34-16-23)24(32)17-40(33)26-13-22(15-36-19(26)3)37-27(41)25-12-21(5-6-35-25)28(29,30)31/h5-6,11-16,18,32H,4,7-10,17,33H2,1-3H3,(H,37,41). The lowest BCUT2D eigenvalue weighted by atomic mass is 10.1. The number of hydrogen-bond acceptors (Lipinski definition) is 9. The molecule has 0 atom stereocenters. The van der Waals surface area contributed by atoms with Gasteiger partial charge in [0.05, 0.1) is 53.0 Å². The summed E-state index contributed by atoms with van der Waals surface area (Å²) in [5, 5.41) is 12.5. The Labute approximate surface area is 236 Å². The van der Waals surface area contributed by atoms with Crippen molar-refractivity contribution in [1.82, 2.24) is 19.9 Å². The van der Waals surface area contributed by atoms with Gasteiger partial charge in [0.1, 0.15) is 5.69 Å². The second kappa shape index (κ2) is 12.6. The lowest BCUT2D eigenvalue weighted by Crippen LogP contribution is -2.37. The summed E-state index contributed by atoms with van der Waals surface area (Å²) in [6.07, 6.45) is 2.18. The number of alkyl halides is 3. The SMILES string of the molecule is Cc1ncc(NC(=O)c2cc(C(F)(F)F)ccn2)cc1N(N)CC(=N)c1cncc(N2CCCN(C(C)C)CC2)c1. The minimum Gasteiger partial charge on any atom is -0.369 e. The number of pyridine rings is 3. The third-order valence-electron chi connectivity index (χ3n) is 6.97. The quantitative estimate of drug-likeness (QED) is 0.210. The zero-order valence-electron chi connectivity index (χ0n) is 23.2. The fourth-order valence-corrected chi connectivity index (χ4v) is 4.63. The number of amides is 1. The highest BCUT2D eigenvalue weighted by Crippen LogP contribution is 2.29. The summed E-state index contributed by atoms with van der Waals surface area (Å²) >= 11 is 0. The van der Waals surface area contributed by atoms with Gasteiger partial charge in [-0.1, -0.05) is 0 Å². The van der Waals surface area contributed by atoms with Crippen LogP contribution in [0.5, 0.6) is 0 Å². The van der Waals surface area contributed by atoms with Crippen LogP contribution in [0.25, 0.3) is 0 Å². The van der Waals surface area contributed by atoms with E-state index in [1.807, 2.05) is 12.3 Å². The summed E-state index contributed by atoms with van der Waals surface area (Å²) < 4.78 is 39.1. The number of nitrogens with zero attached hydrogens (tertiary/aromatic N) is 6. The highest BCUT2D eigenvalue weighted by Gasteiger charge is 2.31. The first-order chi connectivity index (χ1) is 19.4. The van der Waals surface area contributed by atoms with Gasteiger partial charge in [0.25, 0.3) is 5.91 Å². The number of rotatable bonds is 8. The molecule has 0 spiro atoms. The van der Waals surface area contributed by atoms with Gasteiger partial charge in [-0.2, -0.15) is 13.2 Å². The van der Waals surface area contributed by atoms with Crippen molar-refractivity contribution in [3.63, 3.8) is 0 Å². The van der Waals surface area contributed by atoms with Crippen LogP contribution in [-0.4, -0.2) is 70.2 Å². The number of aryl methyl sites for hydroxylation is 1. The van der Waals surface area contributed by atoms with Crippen molar-refractivity contribution in [2.75, 3.05) is 47.9 Å². The van der Waals surface area contributed by atoms with E-state index in [0.29, 0.717) is 29.1 Å². The maximum Gasteiger partial charge on any atom is 0.416 e. The molecule has 4 rings (SSSR count). The average molecular weight is 570 g/mol. The highest BCUT2D eigenvalue weighted by molar-refractivity contribution is 6.03. The van der Waals surface area contributed by atoms with Gasteiger partial charge in [-0.3, -0.25) is 24.6 Å². The average Bonchev–Trinajstić information content (AvgIpc) is 3.20. The molecule has 218 valence electrons. The van der Waals surface area contributed by atoms with Gasteiger partial charge in [-0.25, -0.2) is 5.84 Å². The maximum atomic E-state index is 13.0. The van der Waals surface area contributed by atoms with E-state index in [-0.39, 0.29) is 23.6 Å². The zero-order chi connectivity index (χ0) is 29.7. The van der Waals surface area contributed by atoms with Crippen LogP contribution >= 0.6 is 0 Å². The maximum absolute atomic E-state index is 13.0. The van der Waals surface area contributed by atoms with Gasteiger partial charge < -0.3 is 20.6 Å². The largest absolute Gasteiger partial charge is 0.416 e. The number of halogens is 3. The fourth-order valence-electron chi connectivity index (χ4n) is 4.63. The Hall–Kier alpha value is -4.10. The Morgan fingerprint density at radius 2 is 1.90 bits per heavy atom. The second-order valence-electron chi connectivity index (χ2n) is 10.2. The topological polar surface area (TPSA) is 127 Å². The number of carbonyl (C=O) groups is 1. The molecule has 1 aliphatic heterocycles. The normalized spacial score (nSPS) is 14.6. The van der Waals surface area contributed by atoms with E-state index >= 15 is 0 Å². The van der Waals surface area contributed by atoms with Gasteiger partial charge in [0.15, 0.2) is 0 Å². The summed E-state index contributed by atoms with van der Waals surface area (Å²) in [6, 6.07) is 5.46. The molecule has 0 saturated carbocycles. The predicted molar refractivity (Wildman–Crippen MR) is 152 cm³/mol. The first kappa shape index (κ1) is 29.9. The minimum absolute atomic E-state index is 0.0291. The van der Waals surface area contributed by atoms with E-state index in [9.17, 15) is 18.0 Å². The van der Waals surface area contributed by atoms with Crippen molar-refractivity contribution in [2.45, 2.75) is 39.4 Å². The Morgan fingerprint density at radius 1 is 1.12 bits per heavy atom. The number of aromatic nitrogens is 3. The first-order valence-corrected chi connectivity index (χ1v) is 13.3. The van der Waals surface area contributed by atoms with Crippen LogP contribution in [0.1, 0.15) is 47.6 Å². The number of hydrogen-bond donors (Lipinski definition) is 3. The molecule has 1 fully saturated rings. The molecule has 3 aromatic heterocycles. The molecule has 41 heavy (non-hydrogen) atoms. The van der Waals surface area contributed by atoms with Crippen LogP contribution in [0.4, 0.5) is 30.2 Å². The number of nitrogens with two attached hydrogens (primary N) is 1. The van der Waals surface area contributed by atoms with Crippen LogP contribution in [0.3, 0.4) is 0 Å². The summed E-state index contributed by atoms with van der Waals surface area (Å²) in [5.41, 5.74) is 1.66. The molecule has 0 unspecified atom stereocenters. The highest BCUT2D eigenvalue weighted by atomic mass is 19.4. The van der Waals surface area contributed by atoms with Gasteiger partial charge in [-0.15, -0.1) is 0 Å². The van der Waals surface area contributed by atoms with Gasteiger partial charge in [0.2, 0.25) is 0 Å². The fraction of sp³-hybridized carbons (Fsp3) is 0.393. The molecule has 0 aromatic carbocycles. The number of nitrogens with one attached hydrogen (secondary N) is 2. The summed E-state index contributed by atoms with van der Waals surface area (Å²) in [4.78, 5) is 29.7. The minimum atomic E-state index is -4.60. The van der Waals surface area contributed by atoms with Crippen molar-refractivity contribution in [3.8, 4) is 0 Å². The van der Waals surface area contributed by atoms with Gasteiger partial charge >= 0.3 is 6.18 Å². The molecule has 0 radical (unpaired) electrons. The lowest BCUT2D eigenvalue weighted by Gasteiger charge is -2.26. The molecule has 10 nitrogen and oxygen atoms in total. The molecule has 1 amide bonds. The van der Waals surface area contributed by atoms with E-state index in [1.54, 1.807) is 19.2 Å². The number of anilines is 3. The van der Waals surface area contributed by atoms with Crippen molar-refractivity contribution >= 4 is 28.7 Å². The monoisotopic (exact) mass is 569 g/mol. The van der Waals surface area contributed by atoms with Crippen LogP contribution in [0.15, 0.2) is 49.1 Å². The molecule has 0 aliphatic carbocycles. The molecule has 13 heteroatoms. The zero-order valence-corrected chi connectivity index (χ0v) is 23.2. The van der Waals surface area contributed by atoms with Crippen molar-refractivity contribution in [1.29, 1.82) is 5.41 Å². The molecule has 1 saturated heterocycles. The third-order valence-corrected chi connectivity index (χ3v) is 6.97. The molecule has 4 heterocycles. The van der Waals surface area contributed by atoms with Crippen molar-refractivity contribution in [3.05, 3.63) is 71.6 Å². The van der Waals surface area contributed by atoms with E-state index in [4.69, 9.17) is 11.3 Å². The molecule has 4 N–H and O–H groups in total. The lowest BCUT2D eigenvalue weighted by molar-refractivity contribution is -0.137. The van der Waals surface area contributed by atoms with Crippen molar-refractivity contribution in [2.24, 2.45) is 5.84 Å². The summed E-state index contributed by atoms with van der Waals surface area (Å²) in [6.45, 7) is 9.94. The smallest absolute Gasteiger partial charge is 0.369 e. The number of hydrazine groups is 1. The third kappa shape index (κ3) is 7.55. The van der Waals surface area contributed by atoms with E-state index in [1.165, 1.54) is 11.2 Å². The summed E-state index contributed by atoms with van der Waals surface area (Å²) in [7, 11) is 0. The van der Waals surface area contributed by atoms with E-state index in [0.717, 1.165) is 50.6 Å². The molecular formula is C28H34F3N9O. The molecular weight excluding hydrogens is 535 g/mol. The summed E-state index contributed by atoms with van der Waals surface area (Å²) in [5.74, 6) is 5.50. The second-order valence-corrected chi connectivity index (χ2v) is 10.2. The molecule has 1 aliphatic rings. The van der Waals surface area contributed by atoms with E-state index in [2.05, 4.69) is 43.9 Å². The predicted octanol–water partition coefficient (Wildman–Crippen LogP) is 4.12. The van der Waals surface area contributed by atoms with Crippen LogP contribution < -0.4 is 21.1 Å². The molecule has 0 bridgehead atoms. The van der Waals surface area contributed by atoms with Crippen molar-refractivity contribution < 1.29 is 18.0 Å². The van der Waals surface area contributed by atoms with E-state index < -0.39 is 17.6 Å². The first-order valence-electron chi connectivity index (χ1n) is 13.3.